The number of benzene rings is 1. The number of H-pyrrole nitrogens is 1. The molecule has 1 aliphatic rings. The molecule has 29 heavy (non-hydrogen) atoms. The molecule has 0 saturated carbocycles. The Labute approximate surface area is 170 Å². The van der Waals surface area contributed by atoms with E-state index in [-0.39, 0.29) is 0 Å². The van der Waals surface area contributed by atoms with Gasteiger partial charge in [-0.1, -0.05) is 6.07 Å². The van der Waals surface area contributed by atoms with Crippen LogP contribution in [-0.2, 0) is 13.5 Å². The minimum absolute atomic E-state index is 0.828. The number of rotatable bonds is 5. The molecule has 7 heteroatoms. The minimum Gasteiger partial charge on any atom is -0.397 e. The third-order valence-corrected chi connectivity index (χ3v) is 6.01. The van der Waals surface area contributed by atoms with E-state index in [1.807, 2.05) is 31.8 Å². The Morgan fingerprint density at radius 1 is 1.10 bits per heavy atom. The molecule has 0 atom stereocenters. The monoisotopic (exact) mass is 389 g/mol. The van der Waals surface area contributed by atoms with Gasteiger partial charge in [-0.2, -0.15) is 0 Å². The lowest BCUT2D eigenvalue weighted by atomic mass is 10.1. The van der Waals surface area contributed by atoms with E-state index in [0.29, 0.717) is 0 Å². The highest BCUT2D eigenvalue weighted by Crippen LogP contribution is 2.24. The summed E-state index contributed by atoms with van der Waals surface area (Å²) in [5.74, 6) is 1.01. The average Bonchev–Trinajstić information content (AvgIpc) is 3.31. The van der Waals surface area contributed by atoms with Crippen molar-refractivity contribution in [2.75, 3.05) is 43.4 Å². The molecule has 3 aromatic heterocycles. The molecule has 1 aliphatic heterocycles. The fourth-order valence-electron chi connectivity index (χ4n) is 4.31. The van der Waals surface area contributed by atoms with E-state index in [4.69, 9.17) is 5.73 Å². The number of nitrogens with two attached hydrogens (primary N) is 1. The molecule has 7 nitrogen and oxygen atoms in total. The Balaban J connectivity index is 1.16. The first-order valence-corrected chi connectivity index (χ1v) is 10.3. The van der Waals surface area contributed by atoms with Gasteiger partial charge in [0, 0.05) is 56.5 Å². The normalized spacial score (nSPS) is 15.6. The zero-order chi connectivity index (χ0) is 19.8. The van der Waals surface area contributed by atoms with E-state index in [1.54, 1.807) is 0 Å². The number of nitrogen functional groups attached to an aromatic ring is 1. The van der Waals surface area contributed by atoms with Crippen molar-refractivity contribution in [2.45, 2.75) is 12.8 Å². The second-order valence-electron chi connectivity index (χ2n) is 7.91. The van der Waals surface area contributed by atoms with E-state index in [9.17, 15) is 0 Å². The molecule has 3 N–H and O–H groups in total. The molecule has 1 fully saturated rings. The standard InChI is InChI=1S/C22H27N7/c1-27-15-26-21-20(27)6-7-24-22(21)29-11-9-28(10-12-29)8-2-3-16-4-5-19-17(13-16)18(23)14-25-19/h4-7,13-15,25H,2-3,8-12,23H2,1H3. The van der Waals surface area contributed by atoms with Crippen molar-refractivity contribution >= 4 is 33.4 Å². The lowest BCUT2D eigenvalue weighted by Gasteiger charge is -2.35. The molecule has 0 amide bonds. The Hall–Kier alpha value is -3.06. The van der Waals surface area contributed by atoms with Crippen LogP contribution in [0.2, 0.25) is 0 Å². The van der Waals surface area contributed by atoms with Crippen LogP contribution in [-0.4, -0.2) is 57.1 Å². The van der Waals surface area contributed by atoms with Crippen molar-refractivity contribution < 1.29 is 0 Å². The fourth-order valence-corrected chi connectivity index (χ4v) is 4.31. The molecule has 150 valence electrons. The highest BCUT2D eigenvalue weighted by atomic mass is 15.3. The van der Waals surface area contributed by atoms with E-state index < -0.39 is 0 Å². The Morgan fingerprint density at radius 3 is 2.83 bits per heavy atom. The van der Waals surface area contributed by atoms with Crippen LogP contribution >= 0.6 is 0 Å². The first-order valence-electron chi connectivity index (χ1n) is 10.3. The summed E-state index contributed by atoms with van der Waals surface area (Å²) < 4.78 is 2.05. The fraction of sp³-hybridized carbons (Fsp3) is 0.364. The van der Waals surface area contributed by atoms with E-state index in [2.05, 4.69) is 47.5 Å². The number of hydrogen-bond donors (Lipinski definition) is 2. The van der Waals surface area contributed by atoms with Gasteiger partial charge < -0.3 is 20.2 Å². The smallest absolute Gasteiger partial charge is 0.156 e. The summed E-state index contributed by atoms with van der Waals surface area (Å²) >= 11 is 0. The molecular weight excluding hydrogens is 362 g/mol. The lowest BCUT2D eigenvalue weighted by molar-refractivity contribution is 0.254. The number of anilines is 2. The van der Waals surface area contributed by atoms with Crippen LogP contribution in [0.3, 0.4) is 0 Å². The summed E-state index contributed by atoms with van der Waals surface area (Å²) in [5, 5.41) is 1.13. The predicted octanol–water partition coefficient (Wildman–Crippen LogP) is 2.79. The van der Waals surface area contributed by atoms with Crippen LogP contribution in [0.15, 0.2) is 43.0 Å². The highest BCUT2D eigenvalue weighted by Gasteiger charge is 2.20. The number of fused-ring (bicyclic) bond motifs is 2. The van der Waals surface area contributed by atoms with Crippen LogP contribution in [0, 0.1) is 0 Å². The van der Waals surface area contributed by atoms with Crippen molar-refractivity contribution in [3.63, 3.8) is 0 Å². The Kier molecular flexibility index (Phi) is 4.60. The first-order chi connectivity index (χ1) is 14.2. The number of piperazine rings is 1. The SMILES string of the molecule is Cn1cnc2c(N3CCN(CCCc4ccc5[nH]cc(N)c5c4)CC3)nccc21. The molecule has 4 aromatic rings. The molecule has 0 spiro atoms. The lowest BCUT2D eigenvalue weighted by Crippen LogP contribution is -2.47. The molecular formula is C22H27N7. The molecule has 1 aromatic carbocycles. The maximum Gasteiger partial charge on any atom is 0.156 e. The van der Waals surface area contributed by atoms with Crippen molar-refractivity contribution in [2.24, 2.45) is 7.05 Å². The molecule has 0 unspecified atom stereocenters. The van der Waals surface area contributed by atoms with Gasteiger partial charge in [0.1, 0.15) is 5.52 Å². The molecule has 1 saturated heterocycles. The zero-order valence-corrected chi connectivity index (χ0v) is 16.8. The first kappa shape index (κ1) is 18.0. The van der Waals surface area contributed by atoms with Crippen LogP contribution < -0.4 is 10.6 Å². The van der Waals surface area contributed by atoms with Gasteiger partial charge in [0.15, 0.2) is 5.82 Å². The summed E-state index contributed by atoms with van der Waals surface area (Å²) in [4.78, 5) is 17.3. The average molecular weight is 390 g/mol. The van der Waals surface area contributed by atoms with Gasteiger partial charge in [0.05, 0.1) is 17.5 Å². The summed E-state index contributed by atoms with van der Waals surface area (Å²) in [5.41, 5.74) is 11.5. The number of aryl methyl sites for hydroxylation is 2. The Morgan fingerprint density at radius 2 is 1.97 bits per heavy atom. The van der Waals surface area contributed by atoms with Gasteiger partial charge in [-0.25, -0.2) is 9.97 Å². The third kappa shape index (κ3) is 3.42. The van der Waals surface area contributed by atoms with Crippen molar-refractivity contribution in [3.8, 4) is 0 Å². The second-order valence-corrected chi connectivity index (χ2v) is 7.91. The van der Waals surface area contributed by atoms with Crippen molar-refractivity contribution in [1.82, 2.24) is 24.4 Å². The number of aromatic amines is 1. The number of aromatic nitrogens is 4. The maximum absolute atomic E-state index is 6.03. The van der Waals surface area contributed by atoms with Gasteiger partial charge in [-0.15, -0.1) is 0 Å². The van der Waals surface area contributed by atoms with Crippen LogP contribution in [0.1, 0.15) is 12.0 Å². The summed E-state index contributed by atoms with van der Waals surface area (Å²) in [7, 11) is 2.03. The summed E-state index contributed by atoms with van der Waals surface area (Å²) in [6, 6.07) is 8.58. The van der Waals surface area contributed by atoms with Gasteiger partial charge in [-0.05, 0) is 43.1 Å². The van der Waals surface area contributed by atoms with Gasteiger partial charge in [-0.3, -0.25) is 4.90 Å². The summed E-state index contributed by atoms with van der Waals surface area (Å²) in [6.07, 6.45) is 7.86. The van der Waals surface area contributed by atoms with Crippen molar-refractivity contribution in [1.29, 1.82) is 0 Å². The number of nitrogens with zero attached hydrogens (tertiary/aromatic N) is 5. The van der Waals surface area contributed by atoms with Crippen LogP contribution in [0.4, 0.5) is 11.5 Å². The van der Waals surface area contributed by atoms with Gasteiger partial charge >= 0.3 is 0 Å². The molecule has 0 bridgehead atoms. The van der Waals surface area contributed by atoms with E-state index >= 15 is 0 Å². The highest BCUT2D eigenvalue weighted by molar-refractivity contribution is 5.91. The van der Waals surface area contributed by atoms with Crippen LogP contribution in [0.5, 0.6) is 0 Å². The van der Waals surface area contributed by atoms with Gasteiger partial charge in [0.2, 0.25) is 0 Å². The van der Waals surface area contributed by atoms with E-state index in [0.717, 1.165) is 79.0 Å². The molecule has 4 heterocycles. The zero-order valence-electron chi connectivity index (χ0n) is 16.8. The topological polar surface area (TPSA) is 79.0 Å². The van der Waals surface area contributed by atoms with Crippen molar-refractivity contribution in [3.05, 3.63) is 48.5 Å². The van der Waals surface area contributed by atoms with E-state index in [1.165, 1.54) is 5.56 Å². The Bertz CT molecular complexity index is 1130. The molecule has 0 radical (unpaired) electrons. The quantitative estimate of drug-likeness (QED) is 0.549. The molecule has 5 rings (SSSR count). The third-order valence-electron chi connectivity index (χ3n) is 6.01. The predicted molar refractivity (Wildman–Crippen MR) is 118 cm³/mol. The number of hydrogen-bond acceptors (Lipinski definition) is 5. The number of imidazole rings is 1. The largest absolute Gasteiger partial charge is 0.397 e. The minimum atomic E-state index is 0.828. The second kappa shape index (κ2) is 7.40. The number of pyridine rings is 1. The van der Waals surface area contributed by atoms with Gasteiger partial charge in [0.25, 0.3) is 0 Å². The van der Waals surface area contributed by atoms with Crippen LogP contribution in [0.25, 0.3) is 21.9 Å². The summed E-state index contributed by atoms with van der Waals surface area (Å²) in [6.45, 7) is 5.24. The number of nitrogens with one attached hydrogen (secondary N) is 1. The maximum atomic E-state index is 6.03. The molecule has 0 aliphatic carbocycles.